The van der Waals surface area contributed by atoms with E-state index in [2.05, 4.69) is 22.3 Å². The minimum absolute atomic E-state index is 0.0160. The summed E-state index contributed by atoms with van der Waals surface area (Å²) in [5.41, 5.74) is 4.08. The van der Waals surface area contributed by atoms with Crippen molar-refractivity contribution in [3.05, 3.63) is 83.9 Å². The summed E-state index contributed by atoms with van der Waals surface area (Å²) >= 11 is 0. The average molecular weight is 475 g/mol. The number of ether oxygens (including phenoxy) is 3. The zero-order valence-corrected chi connectivity index (χ0v) is 20.5. The van der Waals surface area contributed by atoms with E-state index < -0.39 is 0 Å². The fourth-order valence-corrected chi connectivity index (χ4v) is 4.33. The topological polar surface area (TPSA) is 60.0 Å². The summed E-state index contributed by atoms with van der Waals surface area (Å²) < 4.78 is 17.0. The van der Waals surface area contributed by atoms with Crippen LogP contribution in [0.5, 0.6) is 11.5 Å². The molecule has 3 aromatic carbocycles. The molecule has 0 radical (unpaired) electrons. The predicted molar refractivity (Wildman–Crippen MR) is 139 cm³/mol. The molecule has 0 bridgehead atoms. The van der Waals surface area contributed by atoms with Crippen LogP contribution in [-0.4, -0.2) is 39.3 Å². The van der Waals surface area contributed by atoms with Crippen LogP contribution in [0.2, 0.25) is 0 Å². The van der Waals surface area contributed by atoms with Gasteiger partial charge in [0.15, 0.2) is 11.5 Å². The monoisotopic (exact) mass is 474 g/mol. The fraction of sp³-hybridized carbons (Fsp3) is 0.345. The number of hydrogen-bond donors (Lipinski definition) is 1. The van der Waals surface area contributed by atoms with Gasteiger partial charge >= 0.3 is 0 Å². The van der Waals surface area contributed by atoms with E-state index in [1.165, 1.54) is 0 Å². The maximum atomic E-state index is 12.6. The Morgan fingerprint density at radius 1 is 0.971 bits per heavy atom. The molecular formula is C29H34N2O4. The highest BCUT2D eigenvalue weighted by molar-refractivity contribution is 5.91. The Kier molecular flexibility index (Phi) is 8.63. The van der Waals surface area contributed by atoms with Crippen molar-refractivity contribution < 1.29 is 19.0 Å². The normalized spacial score (nSPS) is 15.5. The maximum Gasteiger partial charge on any atom is 0.224 e. The third kappa shape index (κ3) is 6.99. The molecule has 35 heavy (non-hydrogen) atoms. The summed E-state index contributed by atoms with van der Waals surface area (Å²) in [6, 6.07) is 23.9. The SMILES string of the molecule is COc1ccc(CCC(=O)Nc2ccc(N3CCCC(OC)C3)cc2)cc1OCc1ccccc1. The number of nitrogens with zero attached hydrogens (tertiary/aromatic N) is 1. The van der Waals surface area contributed by atoms with E-state index >= 15 is 0 Å². The lowest BCUT2D eigenvalue weighted by molar-refractivity contribution is -0.116. The van der Waals surface area contributed by atoms with Crippen LogP contribution >= 0.6 is 0 Å². The fourth-order valence-electron chi connectivity index (χ4n) is 4.33. The smallest absolute Gasteiger partial charge is 0.224 e. The number of aryl methyl sites for hydroxylation is 1. The highest BCUT2D eigenvalue weighted by atomic mass is 16.5. The second-order valence-corrected chi connectivity index (χ2v) is 8.80. The third-order valence-electron chi connectivity index (χ3n) is 6.33. The first-order chi connectivity index (χ1) is 17.1. The van der Waals surface area contributed by atoms with Crippen molar-refractivity contribution in [1.82, 2.24) is 0 Å². The molecule has 1 saturated heterocycles. The lowest BCUT2D eigenvalue weighted by Crippen LogP contribution is -2.39. The van der Waals surface area contributed by atoms with Gasteiger partial charge in [-0.1, -0.05) is 36.4 Å². The highest BCUT2D eigenvalue weighted by Gasteiger charge is 2.19. The molecule has 3 aromatic rings. The van der Waals surface area contributed by atoms with Gasteiger partial charge in [0.05, 0.1) is 13.2 Å². The Labute approximate surface area is 207 Å². The van der Waals surface area contributed by atoms with Gasteiger partial charge in [0.25, 0.3) is 0 Å². The van der Waals surface area contributed by atoms with Crippen molar-refractivity contribution in [3.8, 4) is 11.5 Å². The number of hydrogen-bond acceptors (Lipinski definition) is 5. The van der Waals surface area contributed by atoms with Gasteiger partial charge in [0.1, 0.15) is 6.61 Å². The third-order valence-corrected chi connectivity index (χ3v) is 6.33. The van der Waals surface area contributed by atoms with Crippen LogP contribution in [0.25, 0.3) is 0 Å². The molecular weight excluding hydrogens is 440 g/mol. The minimum Gasteiger partial charge on any atom is -0.493 e. The van der Waals surface area contributed by atoms with Crippen molar-refractivity contribution in [1.29, 1.82) is 0 Å². The van der Waals surface area contributed by atoms with Gasteiger partial charge in [0.2, 0.25) is 5.91 Å². The zero-order chi connectivity index (χ0) is 24.5. The molecule has 1 atom stereocenters. The van der Waals surface area contributed by atoms with E-state index in [0.717, 1.165) is 48.4 Å². The van der Waals surface area contributed by atoms with Crippen molar-refractivity contribution in [2.45, 2.75) is 38.4 Å². The number of benzene rings is 3. The quantitative estimate of drug-likeness (QED) is 0.423. The van der Waals surface area contributed by atoms with Crippen LogP contribution in [0.4, 0.5) is 11.4 Å². The Balaban J connectivity index is 1.29. The second kappa shape index (κ2) is 12.3. The first-order valence-electron chi connectivity index (χ1n) is 12.2. The molecule has 1 amide bonds. The molecule has 1 unspecified atom stereocenters. The van der Waals surface area contributed by atoms with E-state index in [0.29, 0.717) is 30.9 Å². The van der Waals surface area contributed by atoms with Gasteiger partial charge in [-0.05, 0) is 66.8 Å². The summed E-state index contributed by atoms with van der Waals surface area (Å²) in [4.78, 5) is 14.9. The molecule has 184 valence electrons. The van der Waals surface area contributed by atoms with Crippen LogP contribution in [0.15, 0.2) is 72.8 Å². The van der Waals surface area contributed by atoms with Crippen molar-refractivity contribution in [2.75, 3.05) is 37.5 Å². The summed E-state index contributed by atoms with van der Waals surface area (Å²) in [5.74, 6) is 1.34. The van der Waals surface area contributed by atoms with Gasteiger partial charge in [-0.25, -0.2) is 0 Å². The molecule has 6 heteroatoms. The second-order valence-electron chi connectivity index (χ2n) is 8.80. The van der Waals surface area contributed by atoms with Crippen molar-refractivity contribution >= 4 is 17.3 Å². The van der Waals surface area contributed by atoms with Crippen LogP contribution < -0.4 is 19.7 Å². The number of nitrogens with one attached hydrogen (secondary N) is 1. The number of anilines is 2. The van der Waals surface area contributed by atoms with E-state index in [9.17, 15) is 4.79 Å². The van der Waals surface area contributed by atoms with E-state index in [-0.39, 0.29) is 12.0 Å². The number of methoxy groups -OCH3 is 2. The van der Waals surface area contributed by atoms with Gasteiger partial charge < -0.3 is 24.4 Å². The maximum absolute atomic E-state index is 12.6. The van der Waals surface area contributed by atoms with Crippen LogP contribution in [0.1, 0.15) is 30.4 Å². The lowest BCUT2D eigenvalue weighted by Gasteiger charge is -2.33. The number of piperidine rings is 1. The largest absolute Gasteiger partial charge is 0.493 e. The predicted octanol–water partition coefficient (Wildman–Crippen LogP) is 5.46. The molecule has 1 N–H and O–H groups in total. The molecule has 4 rings (SSSR count). The Bertz CT molecular complexity index is 1090. The minimum atomic E-state index is -0.0160. The first kappa shape index (κ1) is 24.6. The number of rotatable bonds is 10. The Morgan fingerprint density at radius 2 is 1.77 bits per heavy atom. The Hall–Kier alpha value is -3.51. The standard InChI is InChI=1S/C29H34N2O4/c1-33-26-9-6-18-31(20-26)25-14-12-24(13-15-25)30-29(32)17-11-22-10-16-27(34-2)28(19-22)35-21-23-7-4-3-5-8-23/h3-5,7-8,10,12-16,19,26H,6,9,11,17-18,20-21H2,1-2H3,(H,30,32). The summed E-state index contributed by atoms with van der Waals surface area (Å²) in [6.07, 6.45) is 3.51. The average Bonchev–Trinajstić information content (AvgIpc) is 2.92. The zero-order valence-electron chi connectivity index (χ0n) is 20.5. The molecule has 0 spiro atoms. The van der Waals surface area contributed by atoms with Gasteiger partial charge in [0, 0.05) is 38.0 Å². The van der Waals surface area contributed by atoms with Gasteiger partial charge in [-0.2, -0.15) is 0 Å². The van der Waals surface area contributed by atoms with Crippen molar-refractivity contribution in [2.24, 2.45) is 0 Å². The molecule has 6 nitrogen and oxygen atoms in total. The molecule has 1 heterocycles. The number of amides is 1. The summed E-state index contributed by atoms with van der Waals surface area (Å²) in [7, 11) is 3.40. The Morgan fingerprint density at radius 3 is 2.51 bits per heavy atom. The molecule has 0 aromatic heterocycles. The number of carbonyl (C=O) groups excluding carboxylic acids is 1. The first-order valence-corrected chi connectivity index (χ1v) is 12.2. The van der Waals surface area contributed by atoms with Gasteiger partial charge in [-0.15, -0.1) is 0 Å². The number of carbonyl (C=O) groups is 1. The van der Waals surface area contributed by atoms with E-state index in [4.69, 9.17) is 14.2 Å². The molecule has 0 saturated carbocycles. The summed E-state index contributed by atoms with van der Waals surface area (Å²) in [6.45, 7) is 2.40. The van der Waals surface area contributed by atoms with Crippen LogP contribution in [-0.2, 0) is 22.6 Å². The highest BCUT2D eigenvalue weighted by Crippen LogP contribution is 2.29. The summed E-state index contributed by atoms with van der Waals surface area (Å²) in [5, 5.41) is 3.01. The van der Waals surface area contributed by atoms with E-state index in [1.54, 1.807) is 14.2 Å². The van der Waals surface area contributed by atoms with Crippen molar-refractivity contribution in [3.63, 3.8) is 0 Å². The molecule has 1 aliphatic rings. The van der Waals surface area contributed by atoms with Gasteiger partial charge in [-0.3, -0.25) is 4.79 Å². The molecule has 0 aliphatic carbocycles. The molecule has 1 fully saturated rings. The van der Waals surface area contributed by atoms with Crippen LogP contribution in [0.3, 0.4) is 0 Å². The van der Waals surface area contributed by atoms with Crippen LogP contribution in [0, 0.1) is 0 Å². The molecule has 1 aliphatic heterocycles. The van der Waals surface area contributed by atoms with E-state index in [1.807, 2.05) is 60.7 Å². The lowest BCUT2D eigenvalue weighted by atomic mass is 10.1.